The second kappa shape index (κ2) is 6.50. The van der Waals surface area contributed by atoms with E-state index in [9.17, 15) is 13.2 Å². The number of aliphatic carboxylic acids is 1. The average molecular weight is 355 g/mol. The molecular formula is C14H17N3O4S2. The number of carboxylic acid groups (broad SMARTS) is 1. The molecular weight excluding hydrogens is 338 g/mol. The number of benzene rings is 1. The van der Waals surface area contributed by atoms with Crippen LogP contribution in [0.5, 0.6) is 0 Å². The van der Waals surface area contributed by atoms with E-state index < -0.39 is 16.0 Å². The molecule has 1 N–H and O–H groups in total. The van der Waals surface area contributed by atoms with Crippen LogP contribution in [-0.2, 0) is 14.8 Å². The SMILES string of the molecule is O=C(O)CCC1CCN(S(=O)(=O)c2cccc3nsnc23)CC1. The lowest BCUT2D eigenvalue weighted by molar-refractivity contribution is -0.137. The number of carbonyl (C=O) groups is 1. The number of nitrogens with zero attached hydrogens (tertiary/aromatic N) is 3. The quantitative estimate of drug-likeness (QED) is 0.880. The number of carboxylic acids is 1. The van der Waals surface area contributed by atoms with Crippen molar-refractivity contribution in [2.24, 2.45) is 5.92 Å². The summed E-state index contributed by atoms with van der Waals surface area (Å²) >= 11 is 1.00. The molecule has 2 aromatic rings. The smallest absolute Gasteiger partial charge is 0.303 e. The van der Waals surface area contributed by atoms with Gasteiger partial charge in [-0.3, -0.25) is 4.79 Å². The molecule has 0 bridgehead atoms. The van der Waals surface area contributed by atoms with Crippen LogP contribution in [0.1, 0.15) is 25.7 Å². The maximum atomic E-state index is 12.8. The lowest BCUT2D eigenvalue weighted by atomic mass is 9.93. The highest BCUT2D eigenvalue weighted by molar-refractivity contribution is 7.89. The molecule has 1 saturated heterocycles. The van der Waals surface area contributed by atoms with Gasteiger partial charge in [0.1, 0.15) is 15.9 Å². The molecule has 1 aliphatic heterocycles. The average Bonchev–Trinajstić information content (AvgIpc) is 3.01. The summed E-state index contributed by atoms with van der Waals surface area (Å²) in [6, 6.07) is 4.99. The molecule has 1 aliphatic rings. The van der Waals surface area contributed by atoms with Gasteiger partial charge in [0.05, 0.1) is 11.7 Å². The number of hydrogen-bond donors (Lipinski definition) is 1. The van der Waals surface area contributed by atoms with Gasteiger partial charge in [0, 0.05) is 19.5 Å². The summed E-state index contributed by atoms with van der Waals surface area (Å²) in [5.74, 6) is -0.531. The number of aromatic nitrogens is 2. The van der Waals surface area contributed by atoms with Crippen LogP contribution in [0.3, 0.4) is 0 Å². The summed E-state index contributed by atoms with van der Waals surface area (Å²) in [6.45, 7) is 0.834. The molecule has 23 heavy (non-hydrogen) atoms. The summed E-state index contributed by atoms with van der Waals surface area (Å²) < 4.78 is 35.3. The zero-order valence-corrected chi connectivity index (χ0v) is 14.0. The Morgan fingerprint density at radius 2 is 2.04 bits per heavy atom. The summed E-state index contributed by atoms with van der Waals surface area (Å²) in [7, 11) is -3.59. The van der Waals surface area contributed by atoms with E-state index in [0.717, 1.165) is 11.7 Å². The predicted molar refractivity (Wildman–Crippen MR) is 85.8 cm³/mol. The molecule has 1 fully saturated rings. The van der Waals surface area contributed by atoms with Gasteiger partial charge >= 0.3 is 5.97 Å². The molecule has 0 radical (unpaired) electrons. The second-order valence-electron chi connectivity index (χ2n) is 5.67. The molecule has 0 atom stereocenters. The molecule has 9 heteroatoms. The van der Waals surface area contributed by atoms with Gasteiger partial charge < -0.3 is 5.11 Å². The fraction of sp³-hybridized carbons (Fsp3) is 0.500. The van der Waals surface area contributed by atoms with E-state index in [1.807, 2.05) is 0 Å². The Morgan fingerprint density at radius 1 is 1.30 bits per heavy atom. The molecule has 0 aliphatic carbocycles. The Hall–Kier alpha value is -1.58. The molecule has 2 heterocycles. The predicted octanol–water partition coefficient (Wildman–Crippen LogP) is 1.96. The highest BCUT2D eigenvalue weighted by Gasteiger charge is 2.31. The molecule has 124 valence electrons. The second-order valence-corrected chi connectivity index (χ2v) is 8.10. The van der Waals surface area contributed by atoms with Crippen molar-refractivity contribution in [1.82, 2.24) is 13.1 Å². The Kier molecular flexibility index (Phi) is 4.60. The van der Waals surface area contributed by atoms with Crippen molar-refractivity contribution >= 4 is 38.8 Å². The summed E-state index contributed by atoms with van der Waals surface area (Å²) in [4.78, 5) is 10.8. The molecule has 7 nitrogen and oxygen atoms in total. The topological polar surface area (TPSA) is 100 Å². The Labute approximate surface area is 138 Å². The van der Waals surface area contributed by atoms with Gasteiger partial charge in [-0.25, -0.2) is 8.42 Å². The van der Waals surface area contributed by atoms with Crippen molar-refractivity contribution in [2.75, 3.05) is 13.1 Å². The number of fused-ring (bicyclic) bond motifs is 1. The highest BCUT2D eigenvalue weighted by atomic mass is 32.2. The van der Waals surface area contributed by atoms with Crippen molar-refractivity contribution in [3.8, 4) is 0 Å². The first-order chi connectivity index (χ1) is 11.0. The van der Waals surface area contributed by atoms with E-state index in [1.165, 1.54) is 4.31 Å². The fourth-order valence-electron chi connectivity index (χ4n) is 2.89. The fourth-order valence-corrected chi connectivity index (χ4v) is 5.12. The molecule has 1 aromatic carbocycles. The normalized spacial score (nSPS) is 17.6. The molecule has 0 amide bonds. The van der Waals surface area contributed by atoms with E-state index >= 15 is 0 Å². The van der Waals surface area contributed by atoms with Gasteiger partial charge in [0.25, 0.3) is 0 Å². The first-order valence-electron chi connectivity index (χ1n) is 7.41. The Morgan fingerprint density at radius 3 is 2.74 bits per heavy atom. The number of rotatable bonds is 5. The van der Waals surface area contributed by atoms with E-state index in [0.29, 0.717) is 43.4 Å². The minimum atomic E-state index is -3.59. The van der Waals surface area contributed by atoms with Gasteiger partial charge in [-0.2, -0.15) is 13.1 Å². The van der Waals surface area contributed by atoms with Crippen molar-refractivity contribution in [2.45, 2.75) is 30.6 Å². The van der Waals surface area contributed by atoms with Crippen LogP contribution in [-0.4, -0.2) is 45.6 Å². The first-order valence-corrected chi connectivity index (χ1v) is 9.59. The minimum Gasteiger partial charge on any atom is -0.481 e. The number of piperidine rings is 1. The van der Waals surface area contributed by atoms with Crippen LogP contribution < -0.4 is 0 Å². The zero-order chi connectivity index (χ0) is 16.4. The molecule has 0 unspecified atom stereocenters. The van der Waals surface area contributed by atoms with Gasteiger partial charge in [-0.1, -0.05) is 6.07 Å². The lowest BCUT2D eigenvalue weighted by Crippen LogP contribution is -2.38. The Balaban J connectivity index is 1.75. The lowest BCUT2D eigenvalue weighted by Gasteiger charge is -2.31. The van der Waals surface area contributed by atoms with Crippen LogP contribution >= 0.6 is 11.7 Å². The minimum absolute atomic E-state index is 0.140. The molecule has 0 saturated carbocycles. The van der Waals surface area contributed by atoms with Crippen LogP contribution in [0.15, 0.2) is 23.1 Å². The molecule has 1 aromatic heterocycles. The van der Waals surface area contributed by atoms with Gasteiger partial charge in [-0.15, -0.1) is 0 Å². The maximum absolute atomic E-state index is 12.8. The van der Waals surface area contributed by atoms with Gasteiger partial charge in [-0.05, 0) is 37.3 Å². The summed E-state index contributed by atoms with van der Waals surface area (Å²) in [5.41, 5.74) is 1.01. The van der Waals surface area contributed by atoms with Crippen LogP contribution in [0, 0.1) is 5.92 Å². The van der Waals surface area contributed by atoms with Crippen LogP contribution in [0.25, 0.3) is 11.0 Å². The number of hydrogen-bond acceptors (Lipinski definition) is 6. The summed E-state index contributed by atoms with van der Waals surface area (Å²) in [6.07, 6.45) is 2.13. The molecule has 0 spiro atoms. The van der Waals surface area contributed by atoms with Crippen molar-refractivity contribution < 1.29 is 18.3 Å². The standard InChI is InChI=1S/C14H17N3O4S2/c18-13(19)5-4-10-6-8-17(9-7-10)23(20,21)12-3-1-2-11-14(12)16-22-15-11/h1-3,10H,4-9H2,(H,18,19). The number of sulfonamides is 1. The van der Waals surface area contributed by atoms with Crippen molar-refractivity contribution in [3.63, 3.8) is 0 Å². The van der Waals surface area contributed by atoms with Crippen LogP contribution in [0.4, 0.5) is 0 Å². The van der Waals surface area contributed by atoms with Gasteiger partial charge in [0.15, 0.2) is 0 Å². The monoisotopic (exact) mass is 355 g/mol. The molecule has 3 rings (SSSR count). The maximum Gasteiger partial charge on any atom is 0.303 e. The van der Waals surface area contributed by atoms with Crippen molar-refractivity contribution in [1.29, 1.82) is 0 Å². The third kappa shape index (κ3) is 3.36. The third-order valence-corrected chi connectivity index (χ3v) is 6.68. The van der Waals surface area contributed by atoms with E-state index in [1.54, 1.807) is 18.2 Å². The van der Waals surface area contributed by atoms with Crippen LogP contribution in [0.2, 0.25) is 0 Å². The highest BCUT2D eigenvalue weighted by Crippen LogP contribution is 2.29. The first kappa shape index (κ1) is 16.3. The van der Waals surface area contributed by atoms with E-state index in [-0.39, 0.29) is 17.2 Å². The summed E-state index contributed by atoms with van der Waals surface area (Å²) in [5, 5.41) is 8.74. The van der Waals surface area contributed by atoms with Gasteiger partial charge in [0.2, 0.25) is 10.0 Å². The van der Waals surface area contributed by atoms with E-state index in [4.69, 9.17) is 5.11 Å². The van der Waals surface area contributed by atoms with E-state index in [2.05, 4.69) is 8.75 Å². The Bertz CT molecular complexity index is 810. The van der Waals surface area contributed by atoms with Crippen molar-refractivity contribution in [3.05, 3.63) is 18.2 Å². The zero-order valence-electron chi connectivity index (χ0n) is 12.4. The third-order valence-electron chi connectivity index (χ3n) is 4.21. The largest absolute Gasteiger partial charge is 0.481 e.